The number of aliphatic hydroxyl groups is 1. The fourth-order valence-electron chi connectivity index (χ4n) is 4.48. The summed E-state index contributed by atoms with van der Waals surface area (Å²) in [6.45, 7) is 3.52. The van der Waals surface area contributed by atoms with Crippen LogP contribution in [0.5, 0.6) is 0 Å². The molecule has 1 saturated heterocycles. The van der Waals surface area contributed by atoms with Crippen molar-refractivity contribution >= 4 is 34.8 Å². The fourth-order valence-corrected chi connectivity index (χ4v) is 4.86. The molecule has 2 aliphatic rings. The summed E-state index contributed by atoms with van der Waals surface area (Å²) in [5.74, 6) is -0.749. The minimum absolute atomic E-state index is 0.0241. The molecule has 1 atom stereocenters. The van der Waals surface area contributed by atoms with E-state index in [0.717, 1.165) is 6.07 Å². The highest BCUT2D eigenvalue weighted by Crippen LogP contribution is 2.41. The molecule has 9 heteroatoms. The normalized spacial score (nSPS) is 27.4. The molecule has 1 aliphatic heterocycles. The molecule has 2 aromatic rings. The zero-order valence-electron chi connectivity index (χ0n) is 17.7. The van der Waals surface area contributed by atoms with Gasteiger partial charge in [0.1, 0.15) is 11.9 Å². The SMILES string of the molecule is CC1(O)CC(N2C(=N)N[C@](C)(c3cccc(Nc4ccc(F)cc4C#N)c3Cl)CC2=O)C1. The second-order valence-corrected chi connectivity index (χ2v) is 9.28. The first kappa shape index (κ1) is 22.1. The van der Waals surface area contributed by atoms with Crippen molar-refractivity contribution < 1.29 is 14.3 Å². The van der Waals surface area contributed by atoms with Gasteiger partial charge in [0.25, 0.3) is 0 Å². The summed E-state index contributed by atoms with van der Waals surface area (Å²) in [6.07, 6.45) is 0.939. The average Bonchev–Trinajstić information content (AvgIpc) is 2.68. The van der Waals surface area contributed by atoms with Crippen LogP contribution in [0.4, 0.5) is 15.8 Å². The van der Waals surface area contributed by atoms with Crippen LogP contribution in [0.1, 0.15) is 44.2 Å². The first-order valence-corrected chi connectivity index (χ1v) is 10.6. The third-order valence-corrected chi connectivity index (χ3v) is 6.50. The van der Waals surface area contributed by atoms with Gasteiger partial charge in [0.2, 0.25) is 5.91 Å². The molecule has 1 amide bonds. The summed E-state index contributed by atoms with van der Waals surface area (Å²) < 4.78 is 13.5. The Morgan fingerprint density at radius 2 is 2.03 bits per heavy atom. The third-order valence-electron chi connectivity index (χ3n) is 6.09. The number of anilines is 2. The van der Waals surface area contributed by atoms with Gasteiger partial charge in [-0.2, -0.15) is 5.26 Å². The lowest BCUT2D eigenvalue weighted by atomic mass is 9.75. The minimum Gasteiger partial charge on any atom is -0.390 e. The monoisotopic (exact) mass is 455 g/mol. The molecule has 0 radical (unpaired) electrons. The molecule has 2 fully saturated rings. The van der Waals surface area contributed by atoms with Gasteiger partial charge in [0, 0.05) is 6.04 Å². The van der Waals surface area contributed by atoms with E-state index in [0.29, 0.717) is 34.8 Å². The van der Waals surface area contributed by atoms with E-state index in [-0.39, 0.29) is 29.9 Å². The number of hydrogen-bond acceptors (Lipinski definition) is 5. The Morgan fingerprint density at radius 1 is 1.31 bits per heavy atom. The van der Waals surface area contributed by atoms with E-state index in [2.05, 4.69) is 10.6 Å². The summed E-state index contributed by atoms with van der Waals surface area (Å²) in [5.41, 5.74) is -0.0844. The first-order valence-electron chi connectivity index (χ1n) is 10.2. The zero-order chi connectivity index (χ0) is 23.3. The topological polar surface area (TPSA) is 112 Å². The molecule has 1 aliphatic carbocycles. The summed E-state index contributed by atoms with van der Waals surface area (Å²) in [4.78, 5) is 14.4. The maximum atomic E-state index is 13.5. The molecule has 1 saturated carbocycles. The molecule has 7 nitrogen and oxygen atoms in total. The van der Waals surface area contributed by atoms with Crippen molar-refractivity contribution in [2.45, 2.75) is 50.3 Å². The van der Waals surface area contributed by atoms with Crippen LogP contribution < -0.4 is 10.6 Å². The van der Waals surface area contributed by atoms with Crippen LogP contribution in [-0.4, -0.2) is 33.5 Å². The van der Waals surface area contributed by atoms with Gasteiger partial charge in [0.15, 0.2) is 5.96 Å². The number of benzene rings is 2. The van der Waals surface area contributed by atoms with E-state index in [4.69, 9.17) is 17.0 Å². The van der Waals surface area contributed by atoms with Crippen LogP contribution in [0.2, 0.25) is 5.02 Å². The molecule has 2 aromatic carbocycles. The molecule has 32 heavy (non-hydrogen) atoms. The standard InChI is InChI=1S/C23H23ClFN5O2/c1-22(32)9-15(10-22)30-19(31)11-23(2,29-21(30)27)16-4-3-5-18(20(16)24)28-17-7-6-14(25)8-13(17)12-26/h3-8,15,28,32H,9-11H2,1-2H3,(H2,27,29)/t15?,22?,23-/m0/s1. The molecular formula is C23H23ClFN5O2. The number of nitriles is 1. The Labute approximate surface area is 190 Å². The number of hydrogen-bond donors (Lipinski definition) is 4. The van der Waals surface area contributed by atoms with Crippen molar-refractivity contribution in [2.75, 3.05) is 5.32 Å². The Hall–Kier alpha value is -3.15. The van der Waals surface area contributed by atoms with E-state index in [1.165, 1.54) is 17.0 Å². The van der Waals surface area contributed by atoms with Gasteiger partial charge in [-0.1, -0.05) is 23.7 Å². The minimum atomic E-state index is -0.924. The van der Waals surface area contributed by atoms with Crippen molar-refractivity contribution in [2.24, 2.45) is 0 Å². The van der Waals surface area contributed by atoms with Gasteiger partial charge in [0.05, 0.1) is 39.5 Å². The zero-order valence-corrected chi connectivity index (χ0v) is 18.4. The molecule has 0 aromatic heterocycles. The molecule has 4 N–H and O–H groups in total. The Morgan fingerprint density at radius 3 is 2.66 bits per heavy atom. The Bertz CT molecular complexity index is 1130. The predicted molar refractivity (Wildman–Crippen MR) is 119 cm³/mol. The van der Waals surface area contributed by atoms with E-state index in [9.17, 15) is 19.6 Å². The summed E-state index contributed by atoms with van der Waals surface area (Å²) in [6, 6.07) is 10.9. The molecule has 0 unspecified atom stereocenters. The Balaban J connectivity index is 1.60. The van der Waals surface area contributed by atoms with Crippen LogP contribution in [-0.2, 0) is 10.3 Å². The van der Waals surface area contributed by atoms with Crippen molar-refractivity contribution in [3.8, 4) is 6.07 Å². The van der Waals surface area contributed by atoms with Crippen molar-refractivity contribution in [3.63, 3.8) is 0 Å². The van der Waals surface area contributed by atoms with Crippen LogP contribution in [0, 0.1) is 22.6 Å². The molecular weight excluding hydrogens is 433 g/mol. The van der Waals surface area contributed by atoms with Crippen LogP contribution >= 0.6 is 11.6 Å². The summed E-state index contributed by atoms with van der Waals surface area (Å²) >= 11 is 6.69. The van der Waals surface area contributed by atoms with E-state index < -0.39 is 17.0 Å². The highest BCUT2D eigenvalue weighted by atomic mass is 35.5. The van der Waals surface area contributed by atoms with Crippen molar-refractivity contribution in [1.29, 1.82) is 10.7 Å². The highest BCUT2D eigenvalue weighted by Gasteiger charge is 2.49. The van der Waals surface area contributed by atoms with Crippen molar-refractivity contribution in [1.82, 2.24) is 10.2 Å². The van der Waals surface area contributed by atoms with Gasteiger partial charge < -0.3 is 15.7 Å². The van der Waals surface area contributed by atoms with Gasteiger partial charge >= 0.3 is 0 Å². The number of rotatable bonds is 4. The lowest BCUT2D eigenvalue weighted by Crippen LogP contribution is -2.66. The number of nitrogens with one attached hydrogen (secondary N) is 3. The number of nitrogens with zero attached hydrogens (tertiary/aromatic N) is 2. The van der Waals surface area contributed by atoms with E-state index in [1.807, 2.05) is 6.07 Å². The summed E-state index contributed by atoms with van der Waals surface area (Å²) in [5, 5.41) is 34.3. The van der Waals surface area contributed by atoms with Gasteiger partial charge in [-0.25, -0.2) is 4.39 Å². The number of carbonyl (C=O) groups is 1. The van der Waals surface area contributed by atoms with Gasteiger partial charge in [-0.15, -0.1) is 0 Å². The number of carbonyl (C=O) groups excluding carboxylic acids is 1. The first-order chi connectivity index (χ1) is 15.0. The largest absolute Gasteiger partial charge is 0.390 e. The average molecular weight is 456 g/mol. The quantitative estimate of drug-likeness (QED) is 0.557. The maximum Gasteiger partial charge on any atom is 0.232 e. The van der Waals surface area contributed by atoms with E-state index >= 15 is 0 Å². The number of guanidine groups is 1. The summed E-state index contributed by atoms with van der Waals surface area (Å²) in [7, 11) is 0. The molecule has 1 heterocycles. The molecule has 0 spiro atoms. The second-order valence-electron chi connectivity index (χ2n) is 8.90. The highest BCUT2D eigenvalue weighted by molar-refractivity contribution is 6.34. The van der Waals surface area contributed by atoms with Gasteiger partial charge in [-0.3, -0.25) is 15.1 Å². The number of halogens is 2. The smallest absolute Gasteiger partial charge is 0.232 e. The van der Waals surface area contributed by atoms with Crippen molar-refractivity contribution in [3.05, 3.63) is 58.4 Å². The molecule has 0 bridgehead atoms. The van der Waals surface area contributed by atoms with E-state index in [1.54, 1.807) is 32.0 Å². The number of amides is 1. The molecule has 166 valence electrons. The lowest BCUT2D eigenvalue weighted by molar-refractivity contribution is -0.139. The van der Waals surface area contributed by atoms with Crippen LogP contribution in [0.15, 0.2) is 36.4 Å². The van der Waals surface area contributed by atoms with Crippen LogP contribution in [0.25, 0.3) is 0 Å². The third kappa shape index (κ3) is 3.90. The van der Waals surface area contributed by atoms with Gasteiger partial charge in [-0.05, 0) is 56.5 Å². The Kier molecular flexibility index (Phi) is 5.35. The van der Waals surface area contributed by atoms with Crippen LogP contribution in [0.3, 0.4) is 0 Å². The predicted octanol–water partition coefficient (Wildman–Crippen LogP) is 3.98. The maximum absolute atomic E-state index is 13.5. The fraction of sp³-hybridized carbons (Fsp3) is 0.348. The second kappa shape index (κ2) is 7.76. The lowest BCUT2D eigenvalue weighted by Gasteiger charge is -2.50. The molecule has 4 rings (SSSR count).